The molecule has 5 aliphatic rings. The number of fused-ring (bicyclic) bond motifs is 2. The van der Waals surface area contributed by atoms with Gasteiger partial charge in [0.25, 0.3) is 17.7 Å². The number of anilines is 1. The van der Waals surface area contributed by atoms with Gasteiger partial charge in [0.1, 0.15) is 19.0 Å². The number of hydrogen-bond acceptors (Lipinski definition) is 14. The third-order valence-corrected chi connectivity index (χ3v) is 17.7. The summed E-state index contributed by atoms with van der Waals surface area (Å²) in [5, 5.41) is 22.6. The predicted octanol–water partition coefficient (Wildman–Crippen LogP) is 9.50. The zero-order chi connectivity index (χ0) is 58.3. The summed E-state index contributed by atoms with van der Waals surface area (Å²) in [6.07, 6.45) is 9.44. The van der Waals surface area contributed by atoms with Gasteiger partial charge in [0.15, 0.2) is 10.8 Å². The van der Waals surface area contributed by atoms with E-state index in [1.165, 1.54) is 28.4 Å². The van der Waals surface area contributed by atoms with E-state index in [2.05, 4.69) is 34.4 Å². The second-order valence-electron chi connectivity index (χ2n) is 23.5. The third kappa shape index (κ3) is 11.9. The standard InChI is InChI=1S/C62H67N9O11S/c1-38-41-12-10-13-43(55(75)68-57-66-45-14-7-9-16-48(45)83-57)53(41)67-52(38)46-18-17-42(54(65-46)56(76)77)44-29-64-71(39(44)2)37-61-32-59(3)31-60(4,33-61)35-62(34-59,36-61)82-26-24-69(5)58(78)81-30-40-11-6-8-15-47(40)80-28-27-79-25-22-63-49(72)21-23-70-50(73)19-20-51(70)74/h6-20,29,67H,21-28,30-37H2,1-5H3,(H,63,72)(H,76,77)(H,66,68,75). The van der Waals surface area contributed by atoms with Crippen molar-refractivity contribution in [2.45, 2.75) is 91.4 Å². The molecule has 2 atom stereocenters. The maximum Gasteiger partial charge on any atom is 0.409 e. The molecule has 4 saturated carbocycles. The van der Waals surface area contributed by atoms with Crippen molar-refractivity contribution < 1.29 is 52.8 Å². The number of H-pyrrole nitrogens is 1. The number of aromatic amines is 1. The number of hydrogen-bond donors (Lipinski definition) is 4. The molecule has 1 aliphatic heterocycles. The van der Waals surface area contributed by atoms with Gasteiger partial charge in [-0.1, -0.05) is 67.6 Å². The summed E-state index contributed by atoms with van der Waals surface area (Å²) in [6.45, 7) is 11.0. The molecule has 432 valence electrons. The smallest absolute Gasteiger partial charge is 0.409 e. The van der Waals surface area contributed by atoms with Crippen LogP contribution in [-0.4, -0.2) is 134 Å². The Morgan fingerprint density at radius 1 is 0.831 bits per heavy atom. The van der Waals surface area contributed by atoms with Crippen molar-refractivity contribution in [1.29, 1.82) is 0 Å². The van der Waals surface area contributed by atoms with Gasteiger partial charge in [0, 0.05) is 79.6 Å². The normalized spacial score (nSPS) is 21.5. The van der Waals surface area contributed by atoms with Crippen molar-refractivity contribution >= 4 is 73.3 Å². The minimum atomic E-state index is -1.17. The number of nitrogens with zero attached hydrogens (tertiary/aromatic N) is 6. The van der Waals surface area contributed by atoms with E-state index in [1.54, 1.807) is 31.4 Å². The van der Waals surface area contributed by atoms with Crippen molar-refractivity contribution in [1.82, 2.24) is 39.8 Å². The number of carbonyl (C=O) groups is 6. The molecule has 5 amide bonds. The van der Waals surface area contributed by atoms with Gasteiger partial charge in [0.2, 0.25) is 5.91 Å². The number of aromatic nitrogens is 5. The SMILES string of the molecule is Cc1c(-c2ccc(-c3cnn(CC45CC6(C)CC(C)(C4)CC(OCCN(C)C(=O)OCc4ccccc4OCCOCCNC(=O)CCN4C(=O)C=CC4=O)(C6)C5)c3C)c(C(=O)O)n2)[nH]c2c(C(=O)Nc3nc4ccccc4s3)cccc12. The predicted molar refractivity (Wildman–Crippen MR) is 311 cm³/mol. The van der Waals surface area contributed by atoms with E-state index >= 15 is 0 Å². The third-order valence-electron chi connectivity index (χ3n) is 16.7. The molecule has 4 fully saturated rings. The number of carboxylic acid groups (broad SMARTS) is 1. The van der Waals surface area contributed by atoms with Gasteiger partial charge in [-0.25, -0.2) is 19.6 Å². The van der Waals surface area contributed by atoms with Crippen LogP contribution in [0.15, 0.2) is 97.2 Å². The number of amides is 5. The number of likely N-dealkylation sites (N-methyl/N-ethyl adjacent to an activating group) is 1. The number of aryl methyl sites for hydroxylation is 1. The summed E-state index contributed by atoms with van der Waals surface area (Å²) in [4.78, 5) is 91.0. The average Bonchev–Trinajstić information content (AvgIpc) is 1.38. The van der Waals surface area contributed by atoms with Gasteiger partial charge in [-0.2, -0.15) is 5.10 Å². The van der Waals surface area contributed by atoms with Gasteiger partial charge < -0.3 is 39.3 Å². The fraction of sp³-hybridized carbons (Fsp3) is 0.403. The lowest BCUT2D eigenvalue weighted by Gasteiger charge is -2.69. The van der Waals surface area contributed by atoms with Gasteiger partial charge in [-0.15, -0.1) is 0 Å². The van der Waals surface area contributed by atoms with E-state index in [0.717, 1.165) is 70.3 Å². The first-order valence-electron chi connectivity index (χ1n) is 28.0. The molecule has 83 heavy (non-hydrogen) atoms. The molecule has 20 nitrogen and oxygen atoms in total. The van der Waals surface area contributed by atoms with Crippen LogP contribution in [-0.2, 0) is 41.7 Å². The van der Waals surface area contributed by atoms with Crippen molar-refractivity contribution in [2.75, 3.05) is 58.4 Å². The highest BCUT2D eigenvalue weighted by Gasteiger charge is 2.66. The fourth-order valence-electron chi connectivity index (χ4n) is 14.2. The molecule has 0 saturated heterocycles. The maximum absolute atomic E-state index is 13.7. The summed E-state index contributed by atoms with van der Waals surface area (Å²) >= 11 is 1.40. The average molecular weight is 1150 g/mol. The first-order chi connectivity index (χ1) is 39.8. The number of para-hydroxylation sites is 3. The first-order valence-corrected chi connectivity index (χ1v) is 28.8. The number of pyridine rings is 1. The highest BCUT2D eigenvalue weighted by molar-refractivity contribution is 7.22. The van der Waals surface area contributed by atoms with Crippen molar-refractivity contribution in [3.63, 3.8) is 0 Å². The molecule has 0 radical (unpaired) electrons. The van der Waals surface area contributed by atoms with Crippen LogP contribution in [0.5, 0.6) is 5.75 Å². The Labute approximate surface area is 483 Å². The number of rotatable bonds is 23. The van der Waals surface area contributed by atoms with Gasteiger partial charge >= 0.3 is 12.1 Å². The molecular formula is C62H67N9O11S. The van der Waals surface area contributed by atoms with Crippen molar-refractivity contribution in [2.24, 2.45) is 16.2 Å². The molecule has 7 aromatic rings. The summed E-state index contributed by atoms with van der Waals surface area (Å²) in [6, 6.07) is 24.1. The molecule has 12 rings (SSSR count). The van der Waals surface area contributed by atoms with Crippen LogP contribution in [0.25, 0.3) is 43.6 Å². The molecule has 5 heterocycles. The van der Waals surface area contributed by atoms with Crippen LogP contribution in [0.2, 0.25) is 0 Å². The molecular weight excluding hydrogens is 1080 g/mol. The molecule has 4 bridgehead atoms. The van der Waals surface area contributed by atoms with Crippen LogP contribution in [0, 0.1) is 30.1 Å². The fourth-order valence-corrected chi connectivity index (χ4v) is 15.1. The quantitative estimate of drug-likeness (QED) is 0.0344. The number of nitrogens with one attached hydrogen (secondary N) is 3. The number of benzene rings is 3. The Hall–Kier alpha value is -8.27. The Morgan fingerprint density at radius 2 is 1.59 bits per heavy atom. The minimum absolute atomic E-state index is 0.00141. The lowest BCUT2D eigenvalue weighted by molar-refractivity contribution is -0.248. The van der Waals surface area contributed by atoms with E-state index in [4.69, 9.17) is 29.0 Å². The topological polar surface area (TPSA) is 249 Å². The largest absolute Gasteiger partial charge is 0.491 e. The lowest BCUT2D eigenvalue weighted by Crippen LogP contribution is -2.64. The highest BCUT2D eigenvalue weighted by Crippen LogP contribution is 2.72. The Kier molecular flexibility index (Phi) is 15.6. The Morgan fingerprint density at radius 3 is 2.36 bits per heavy atom. The minimum Gasteiger partial charge on any atom is -0.491 e. The van der Waals surface area contributed by atoms with E-state index in [9.17, 15) is 33.9 Å². The van der Waals surface area contributed by atoms with Crippen LogP contribution < -0.4 is 15.4 Å². The Balaban J connectivity index is 0.689. The summed E-state index contributed by atoms with van der Waals surface area (Å²) in [5.74, 6) is -2.08. The first kappa shape index (κ1) is 56.6. The van der Waals surface area contributed by atoms with Crippen LogP contribution in [0.3, 0.4) is 0 Å². The molecule has 4 N–H and O–H groups in total. The summed E-state index contributed by atoms with van der Waals surface area (Å²) in [7, 11) is 1.70. The van der Waals surface area contributed by atoms with Crippen LogP contribution in [0.1, 0.15) is 96.5 Å². The zero-order valence-electron chi connectivity index (χ0n) is 47.2. The van der Waals surface area contributed by atoms with Crippen molar-refractivity contribution in [3.05, 3.63) is 125 Å². The monoisotopic (exact) mass is 1150 g/mol. The number of carbonyl (C=O) groups excluding carboxylic acids is 5. The number of thiazole rings is 1. The zero-order valence-corrected chi connectivity index (χ0v) is 48.0. The lowest BCUT2D eigenvalue weighted by atomic mass is 9.39. The molecule has 3 aromatic carbocycles. The van der Waals surface area contributed by atoms with E-state index < -0.39 is 29.5 Å². The number of ether oxygens (including phenoxy) is 4. The van der Waals surface area contributed by atoms with Gasteiger partial charge in [-0.05, 0) is 111 Å². The summed E-state index contributed by atoms with van der Waals surface area (Å²) in [5.41, 5.74) is 5.85. The second kappa shape index (κ2) is 22.8. The van der Waals surface area contributed by atoms with E-state index in [0.29, 0.717) is 69.7 Å². The summed E-state index contributed by atoms with van der Waals surface area (Å²) < 4.78 is 27.3. The van der Waals surface area contributed by atoms with Gasteiger partial charge in [-0.3, -0.25) is 34.1 Å². The van der Waals surface area contributed by atoms with E-state index in [-0.39, 0.29) is 79.7 Å². The second-order valence-corrected chi connectivity index (χ2v) is 24.5. The number of carboxylic acids is 1. The number of aromatic carboxylic acids is 1. The molecule has 4 aliphatic carbocycles. The van der Waals surface area contributed by atoms with E-state index in [1.807, 2.05) is 79.2 Å². The molecule has 4 aromatic heterocycles. The van der Waals surface area contributed by atoms with Gasteiger partial charge in [0.05, 0.1) is 64.3 Å². The molecule has 21 heteroatoms. The molecule has 0 spiro atoms. The highest BCUT2D eigenvalue weighted by atomic mass is 32.1. The van der Waals surface area contributed by atoms with Crippen LogP contribution in [0.4, 0.5) is 9.93 Å². The molecule has 2 unspecified atom stereocenters. The number of imide groups is 1. The maximum atomic E-state index is 13.7. The van der Waals surface area contributed by atoms with Crippen LogP contribution >= 0.6 is 11.3 Å². The Bertz CT molecular complexity index is 3660. The van der Waals surface area contributed by atoms with Crippen molar-refractivity contribution in [3.8, 4) is 28.3 Å².